The van der Waals surface area contributed by atoms with Crippen molar-refractivity contribution < 1.29 is 13.6 Å². The zero-order valence-electron chi connectivity index (χ0n) is 8.72. The lowest BCUT2D eigenvalue weighted by Gasteiger charge is -2.14. The Kier molecular flexibility index (Phi) is 5.86. The van der Waals surface area contributed by atoms with E-state index in [1.165, 1.54) is 0 Å². The molecular formula is C9H17O3Si. The van der Waals surface area contributed by atoms with Gasteiger partial charge in [0.25, 0.3) is 0 Å². The van der Waals surface area contributed by atoms with Gasteiger partial charge in [0.2, 0.25) is 0 Å². The van der Waals surface area contributed by atoms with Crippen LogP contribution in [0, 0.1) is 0 Å². The molecular weight excluding hydrogens is 184 g/mol. The Morgan fingerprint density at radius 3 is 2.38 bits per heavy atom. The first-order valence-electron chi connectivity index (χ1n) is 4.22. The van der Waals surface area contributed by atoms with Crippen LogP contribution in [0.3, 0.4) is 0 Å². The third-order valence-electron chi connectivity index (χ3n) is 1.38. The van der Waals surface area contributed by atoms with Crippen LogP contribution in [0.1, 0.15) is 20.8 Å². The van der Waals surface area contributed by atoms with E-state index >= 15 is 0 Å². The van der Waals surface area contributed by atoms with Gasteiger partial charge in [0.1, 0.15) is 0 Å². The first-order valence-corrected chi connectivity index (χ1v) is 5.75. The van der Waals surface area contributed by atoms with Gasteiger partial charge in [0, 0.05) is 13.2 Å². The quantitative estimate of drug-likeness (QED) is 0.484. The molecule has 0 bridgehead atoms. The van der Waals surface area contributed by atoms with Crippen LogP contribution in [-0.4, -0.2) is 28.3 Å². The fourth-order valence-electron chi connectivity index (χ4n) is 0.707. The highest BCUT2D eigenvalue weighted by Gasteiger charge is 2.20. The monoisotopic (exact) mass is 201 g/mol. The molecule has 0 rings (SSSR count). The molecule has 0 amide bonds. The first-order chi connectivity index (χ1) is 5.97. The van der Waals surface area contributed by atoms with Gasteiger partial charge in [-0.3, -0.25) is 4.79 Å². The topological polar surface area (TPSA) is 35.5 Å². The Morgan fingerprint density at radius 1 is 1.54 bits per heavy atom. The number of hydrogen-bond donors (Lipinski definition) is 0. The van der Waals surface area contributed by atoms with Crippen molar-refractivity contribution in [1.82, 2.24) is 0 Å². The molecule has 4 heteroatoms. The van der Waals surface area contributed by atoms with Crippen molar-refractivity contribution >= 4 is 15.1 Å². The average Bonchev–Trinajstić information content (AvgIpc) is 2.02. The molecule has 0 aliphatic rings. The van der Waals surface area contributed by atoms with Crippen molar-refractivity contribution in [2.24, 2.45) is 0 Å². The molecule has 0 aromatic heterocycles. The van der Waals surface area contributed by atoms with Crippen molar-refractivity contribution in [3.63, 3.8) is 0 Å². The minimum absolute atomic E-state index is 0.0244. The van der Waals surface area contributed by atoms with Gasteiger partial charge in [0.15, 0.2) is 5.78 Å². The van der Waals surface area contributed by atoms with Crippen LogP contribution >= 0.6 is 0 Å². The summed E-state index contributed by atoms with van der Waals surface area (Å²) in [7, 11) is 0.134. The van der Waals surface area contributed by atoms with Gasteiger partial charge in [-0.05, 0) is 26.3 Å². The number of carbonyl (C=O) groups is 1. The molecule has 0 heterocycles. The number of carbonyl (C=O) groups excluding carboxylic acids is 1. The minimum atomic E-state index is -1.44. The SMILES string of the molecule is C=C(C)C(=O)C[Si](OC)OC(C)C. The molecule has 75 valence electrons. The summed E-state index contributed by atoms with van der Waals surface area (Å²) in [5, 5.41) is 0. The second-order valence-corrected chi connectivity index (χ2v) is 4.86. The van der Waals surface area contributed by atoms with E-state index in [0.29, 0.717) is 11.6 Å². The maximum atomic E-state index is 11.3. The fourth-order valence-corrected chi connectivity index (χ4v) is 2.12. The highest BCUT2D eigenvalue weighted by molar-refractivity contribution is 6.50. The van der Waals surface area contributed by atoms with Crippen LogP contribution in [0.5, 0.6) is 0 Å². The molecule has 0 atom stereocenters. The molecule has 0 saturated carbocycles. The van der Waals surface area contributed by atoms with E-state index in [1.54, 1.807) is 14.0 Å². The normalized spacial score (nSPS) is 10.9. The van der Waals surface area contributed by atoms with Crippen LogP contribution in [0.25, 0.3) is 0 Å². The number of allylic oxidation sites excluding steroid dienone is 1. The van der Waals surface area contributed by atoms with Crippen molar-refractivity contribution in [2.75, 3.05) is 7.11 Å². The fraction of sp³-hybridized carbons (Fsp3) is 0.667. The van der Waals surface area contributed by atoms with Crippen LogP contribution in [0.4, 0.5) is 0 Å². The predicted octanol–water partition coefficient (Wildman–Crippen LogP) is 1.69. The highest BCUT2D eigenvalue weighted by atomic mass is 28.3. The summed E-state index contributed by atoms with van der Waals surface area (Å²) in [6, 6.07) is 0.342. The van der Waals surface area contributed by atoms with Gasteiger partial charge in [0.05, 0.1) is 6.04 Å². The summed E-state index contributed by atoms with van der Waals surface area (Å²) >= 11 is 0. The van der Waals surface area contributed by atoms with Gasteiger partial charge < -0.3 is 8.85 Å². The van der Waals surface area contributed by atoms with E-state index in [9.17, 15) is 4.79 Å². The first kappa shape index (κ1) is 12.5. The molecule has 13 heavy (non-hydrogen) atoms. The minimum Gasteiger partial charge on any atom is -0.396 e. The van der Waals surface area contributed by atoms with Crippen molar-refractivity contribution in [2.45, 2.75) is 32.9 Å². The van der Waals surface area contributed by atoms with E-state index in [-0.39, 0.29) is 11.9 Å². The summed E-state index contributed by atoms with van der Waals surface area (Å²) in [4.78, 5) is 11.3. The molecule has 3 nitrogen and oxygen atoms in total. The number of Topliss-reactive ketones (excluding diaryl/α,β-unsaturated/α-hetero) is 1. The Balaban J connectivity index is 3.97. The third kappa shape index (κ3) is 5.73. The number of rotatable bonds is 6. The zero-order chi connectivity index (χ0) is 10.4. The molecule has 0 spiro atoms. The summed E-state index contributed by atoms with van der Waals surface area (Å²) in [6.07, 6.45) is 0.103. The summed E-state index contributed by atoms with van der Waals surface area (Å²) in [5.74, 6) is 0.0244. The largest absolute Gasteiger partial charge is 0.396 e. The van der Waals surface area contributed by atoms with Crippen molar-refractivity contribution in [1.29, 1.82) is 0 Å². The van der Waals surface area contributed by atoms with Gasteiger partial charge in [-0.25, -0.2) is 0 Å². The molecule has 0 saturated heterocycles. The standard InChI is InChI=1S/C9H17O3Si/c1-7(2)9(10)6-13(11-5)12-8(3)4/h8H,1,6H2,2-5H3. The molecule has 0 aliphatic carbocycles. The lowest BCUT2D eigenvalue weighted by atomic mass is 10.2. The zero-order valence-corrected chi connectivity index (χ0v) is 9.72. The highest BCUT2D eigenvalue weighted by Crippen LogP contribution is 2.05. The van der Waals surface area contributed by atoms with Gasteiger partial charge in [-0.15, -0.1) is 0 Å². The van der Waals surface area contributed by atoms with Gasteiger partial charge in [-0.2, -0.15) is 0 Å². The van der Waals surface area contributed by atoms with Crippen LogP contribution in [0.2, 0.25) is 6.04 Å². The van der Waals surface area contributed by atoms with Gasteiger partial charge in [-0.1, -0.05) is 6.58 Å². The maximum Gasteiger partial charge on any atom is 0.392 e. The number of hydrogen-bond acceptors (Lipinski definition) is 3. The average molecular weight is 201 g/mol. The van der Waals surface area contributed by atoms with E-state index in [2.05, 4.69) is 6.58 Å². The Bertz CT molecular complexity index is 189. The maximum absolute atomic E-state index is 11.3. The molecule has 1 radical (unpaired) electrons. The Morgan fingerprint density at radius 2 is 2.08 bits per heavy atom. The lowest BCUT2D eigenvalue weighted by molar-refractivity contribution is -0.113. The van der Waals surface area contributed by atoms with E-state index in [4.69, 9.17) is 8.85 Å². The molecule has 0 aromatic rings. The van der Waals surface area contributed by atoms with Crippen LogP contribution < -0.4 is 0 Å². The van der Waals surface area contributed by atoms with Crippen molar-refractivity contribution in [3.05, 3.63) is 12.2 Å². The molecule has 0 unspecified atom stereocenters. The van der Waals surface area contributed by atoms with Crippen LogP contribution in [0.15, 0.2) is 12.2 Å². The predicted molar refractivity (Wildman–Crippen MR) is 53.6 cm³/mol. The second kappa shape index (κ2) is 6.07. The smallest absolute Gasteiger partial charge is 0.392 e. The summed E-state index contributed by atoms with van der Waals surface area (Å²) < 4.78 is 10.5. The molecule has 0 fully saturated rings. The van der Waals surface area contributed by atoms with E-state index in [1.807, 2.05) is 13.8 Å². The molecule has 0 aliphatic heterocycles. The Hall–Kier alpha value is -0.453. The van der Waals surface area contributed by atoms with E-state index in [0.717, 1.165) is 0 Å². The molecule has 0 N–H and O–H groups in total. The van der Waals surface area contributed by atoms with Crippen LogP contribution in [-0.2, 0) is 13.6 Å². The van der Waals surface area contributed by atoms with E-state index < -0.39 is 9.28 Å². The summed E-state index contributed by atoms with van der Waals surface area (Å²) in [6.45, 7) is 9.13. The van der Waals surface area contributed by atoms with Crippen molar-refractivity contribution in [3.8, 4) is 0 Å². The number of ketones is 1. The Labute approximate surface area is 81.6 Å². The van der Waals surface area contributed by atoms with Gasteiger partial charge >= 0.3 is 9.28 Å². The second-order valence-electron chi connectivity index (χ2n) is 3.12. The third-order valence-corrected chi connectivity index (χ3v) is 3.18. The lowest BCUT2D eigenvalue weighted by Crippen LogP contribution is -2.27. The molecule has 0 aromatic carbocycles. The summed E-state index contributed by atoms with van der Waals surface area (Å²) in [5.41, 5.74) is 0.562.